The van der Waals surface area contributed by atoms with Crippen LogP contribution >= 0.6 is 0 Å². The van der Waals surface area contributed by atoms with E-state index in [1.54, 1.807) is 7.11 Å². The number of aliphatic hydroxyl groups is 1. The largest absolute Gasteiger partial charge is 0.497 e. The first kappa shape index (κ1) is 14.9. The highest BCUT2D eigenvalue weighted by molar-refractivity contribution is 5.79. The highest BCUT2D eigenvalue weighted by Gasteiger charge is 2.24. The number of fused-ring (bicyclic) bond motifs is 1. The van der Waals surface area contributed by atoms with E-state index < -0.39 is 5.60 Å². The lowest BCUT2D eigenvalue weighted by atomic mass is 9.92. The van der Waals surface area contributed by atoms with Crippen molar-refractivity contribution in [2.45, 2.75) is 32.9 Å². The van der Waals surface area contributed by atoms with Crippen molar-refractivity contribution in [1.82, 2.24) is 5.32 Å². The van der Waals surface area contributed by atoms with Crippen LogP contribution < -0.4 is 10.1 Å². The van der Waals surface area contributed by atoms with Crippen molar-refractivity contribution in [3.8, 4) is 5.75 Å². The minimum absolute atomic E-state index is 0.204. The Hall–Kier alpha value is -1.52. The maximum atomic E-state index is 10.2. The Morgan fingerprint density at radius 2 is 2.10 bits per heavy atom. The average Bonchev–Trinajstić information content (AvgIpc) is 2.79. The van der Waals surface area contributed by atoms with Gasteiger partial charge in [-0.2, -0.15) is 0 Å². The second-order valence-corrected chi connectivity index (χ2v) is 5.73. The molecule has 0 amide bonds. The van der Waals surface area contributed by atoms with Gasteiger partial charge in [0.15, 0.2) is 0 Å². The van der Waals surface area contributed by atoms with Crippen LogP contribution in [0.4, 0.5) is 0 Å². The quantitative estimate of drug-likeness (QED) is 0.852. The van der Waals surface area contributed by atoms with Gasteiger partial charge < -0.3 is 19.6 Å². The van der Waals surface area contributed by atoms with E-state index in [1.807, 2.05) is 45.0 Å². The fourth-order valence-corrected chi connectivity index (χ4v) is 1.93. The normalized spacial score (nSPS) is 14.7. The molecule has 0 radical (unpaired) electrons. The lowest BCUT2D eigenvalue weighted by Crippen LogP contribution is -2.41. The van der Waals surface area contributed by atoms with Gasteiger partial charge in [0.2, 0.25) is 0 Å². The van der Waals surface area contributed by atoms with Gasteiger partial charge >= 0.3 is 0 Å². The van der Waals surface area contributed by atoms with E-state index in [2.05, 4.69) is 5.32 Å². The van der Waals surface area contributed by atoms with Crippen LogP contribution in [0.1, 0.15) is 26.5 Å². The van der Waals surface area contributed by atoms with E-state index in [9.17, 15) is 5.11 Å². The van der Waals surface area contributed by atoms with E-state index in [1.165, 1.54) is 0 Å². The fourth-order valence-electron chi connectivity index (χ4n) is 1.93. The third-order valence-corrected chi connectivity index (χ3v) is 3.80. The Bertz CT molecular complexity index is 572. The number of benzene rings is 1. The molecule has 2 aromatic rings. The minimum Gasteiger partial charge on any atom is -0.497 e. The summed E-state index contributed by atoms with van der Waals surface area (Å²) in [7, 11) is 1.65. The predicted molar refractivity (Wildman–Crippen MR) is 79.9 cm³/mol. The summed E-state index contributed by atoms with van der Waals surface area (Å²) in [5, 5.41) is 14.4. The summed E-state index contributed by atoms with van der Waals surface area (Å²) < 4.78 is 10.9. The molecule has 0 aliphatic carbocycles. The van der Waals surface area contributed by atoms with Crippen molar-refractivity contribution >= 4 is 11.0 Å². The van der Waals surface area contributed by atoms with Crippen LogP contribution in [-0.2, 0) is 6.54 Å². The van der Waals surface area contributed by atoms with Gasteiger partial charge in [-0.1, -0.05) is 13.8 Å². The van der Waals surface area contributed by atoms with Crippen LogP contribution in [-0.4, -0.2) is 24.4 Å². The molecule has 1 aromatic heterocycles. The fraction of sp³-hybridized carbons (Fsp3) is 0.500. The molecule has 4 heteroatoms. The molecule has 0 saturated carbocycles. The highest BCUT2D eigenvalue weighted by atomic mass is 16.5. The first-order chi connectivity index (χ1) is 9.42. The van der Waals surface area contributed by atoms with Gasteiger partial charge in [-0.25, -0.2) is 0 Å². The monoisotopic (exact) mass is 277 g/mol. The highest BCUT2D eigenvalue weighted by Crippen LogP contribution is 2.24. The molecule has 1 unspecified atom stereocenters. The zero-order valence-electron chi connectivity index (χ0n) is 12.6. The lowest BCUT2D eigenvalue weighted by molar-refractivity contribution is 0.0137. The number of furan rings is 1. The summed E-state index contributed by atoms with van der Waals surface area (Å²) in [6, 6.07) is 7.73. The van der Waals surface area contributed by atoms with Crippen molar-refractivity contribution in [3.63, 3.8) is 0 Å². The van der Waals surface area contributed by atoms with Crippen molar-refractivity contribution in [1.29, 1.82) is 0 Å². The van der Waals surface area contributed by atoms with Gasteiger partial charge in [0.05, 0.1) is 19.3 Å². The Morgan fingerprint density at radius 3 is 2.75 bits per heavy atom. The first-order valence-electron chi connectivity index (χ1n) is 6.92. The molecule has 1 heterocycles. The second-order valence-electron chi connectivity index (χ2n) is 5.73. The molecule has 2 rings (SSSR count). The number of methoxy groups -OCH3 is 1. The van der Waals surface area contributed by atoms with Crippen LogP contribution in [0.25, 0.3) is 11.0 Å². The van der Waals surface area contributed by atoms with Gasteiger partial charge in [-0.05, 0) is 37.1 Å². The van der Waals surface area contributed by atoms with E-state index in [0.29, 0.717) is 13.1 Å². The summed E-state index contributed by atoms with van der Waals surface area (Å²) in [6.45, 7) is 6.99. The van der Waals surface area contributed by atoms with Gasteiger partial charge in [0, 0.05) is 11.9 Å². The van der Waals surface area contributed by atoms with Crippen LogP contribution in [0.15, 0.2) is 28.7 Å². The lowest BCUT2D eigenvalue weighted by Gasteiger charge is -2.27. The van der Waals surface area contributed by atoms with Crippen LogP contribution in [0, 0.1) is 5.92 Å². The molecular formula is C16H23NO3. The number of hydrogen-bond acceptors (Lipinski definition) is 4. The standard InChI is InChI=1S/C16H23NO3/c1-11(2)16(3,18)10-17-9-14-8-12-7-13(19-4)5-6-15(12)20-14/h5-8,11,17-18H,9-10H2,1-4H3. The predicted octanol–water partition coefficient (Wildman–Crippen LogP) is 2.94. The zero-order chi connectivity index (χ0) is 14.8. The maximum Gasteiger partial charge on any atom is 0.134 e. The molecule has 0 fully saturated rings. The molecule has 2 N–H and O–H groups in total. The molecule has 0 saturated heterocycles. The molecule has 110 valence electrons. The third-order valence-electron chi connectivity index (χ3n) is 3.80. The smallest absolute Gasteiger partial charge is 0.134 e. The molecule has 0 spiro atoms. The number of nitrogens with one attached hydrogen (secondary N) is 1. The molecule has 20 heavy (non-hydrogen) atoms. The summed E-state index contributed by atoms with van der Waals surface area (Å²) >= 11 is 0. The average molecular weight is 277 g/mol. The number of hydrogen-bond donors (Lipinski definition) is 2. The van der Waals surface area contributed by atoms with Crippen molar-refractivity contribution in [2.75, 3.05) is 13.7 Å². The maximum absolute atomic E-state index is 10.2. The second kappa shape index (κ2) is 5.85. The Morgan fingerprint density at radius 1 is 1.35 bits per heavy atom. The van der Waals surface area contributed by atoms with Gasteiger partial charge in [0.25, 0.3) is 0 Å². The van der Waals surface area contributed by atoms with E-state index in [4.69, 9.17) is 9.15 Å². The van der Waals surface area contributed by atoms with E-state index in [0.717, 1.165) is 22.5 Å². The molecule has 0 bridgehead atoms. The van der Waals surface area contributed by atoms with Gasteiger partial charge in [0.1, 0.15) is 17.1 Å². The summed E-state index contributed by atoms with van der Waals surface area (Å²) in [6.07, 6.45) is 0. The Kier molecular flexibility index (Phi) is 4.35. The molecule has 0 aliphatic heterocycles. The summed E-state index contributed by atoms with van der Waals surface area (Å²) in [5.41, 5.74) is 0.133. The first-order valence-corrected chi connectivity index (χ1v) is 6.92. The molecular weight excluding hydrogens is 254 g/mol. The third kappa shape index (κ3) is 3.32. The van der Waals surface area contributed by atoms with Crippen molar-refractivity contribution < 1.29 is 14.3 Å². The number of ether oxygens (including phenoxy) is 1. The molecule has 1 atom stereocenters. The van der Waals surface area contributed by atoms with E-state index in [-0.39, 0.29) is 5.92 Å². The Labute approximate surface area is 119 Å². The van der Waals surface area contributed by atoms with Crippen molar-refractivity contribution in [2.24, 2.45) is 5.92 Å². The SMILES string of the molecule is COc1ccc2oc(CNCC(C)(O)C(C)C)cc2c1. The molecule has 4 nitrogen and oxygen atoms in total. The Balaban J connectivity index is 2.00. The zero-order valence-corrected chi connectivity index (χ0v) is 12.6. The van der Waals surface area contributed by atoms with Gasteiger partial charge in [-0.15, -0.1) is 0 Å². The topological polar surface area (TPSA) is 54.6 Å². The van der Waals surface area contributed by atoms with Crippen molar-refractivity contribution in [3.05, 3.63) is 30.0 Å². The van der Waals surface area contributed by atoms with Gasteiger partial charge in [-0.3, -0.25) is 0 Å². The van der Waals surface area contributed by atoms with Crippen LogP contribution in [0.5, 0.6) is 5.75 Å². The summed E-state index contributed by atoms with van der Waals surface area (Å²) in [4.78, 5) is 0. The minimum atomic E-state index is -0.713. The van der Waals surface area contributed by atoms with E-state index >= 15 is 0 Å². The molecule has 0 aliphatic rings. The summed E-state index contributed by atoms with van der Waals surface area (Å²) in [5.74, 6) is 1.88. The number of rotatable bonds is 6. The van der Waals surface area contributed by atoms with Crippen LogP contribution in [0.2, 0.25) is 0 Å². The molecule has 1 aromatic carbocycles. The van der Waals surface area contributed by atoms with Crippen LogP contribution in [0.3, 0.4) is 0 Å².